The molecule has 2 heterocycles. The van der Waals surface area contributed by atoms with E-state index in [4.69, 9.17) is 9.73 Å². The first-order valence-corrected chi connectivity index (χ1v) is 12.4. The minimum atomic E-state index is 0.268. The van der Waals surface area contributed by atoms with Gasteiger partial charge >= 0.3 is 0 Å². The van der Waals surface area contributed by atoms with Gasteiger partial charge in [-0.05, 0) is 50.7 Å². The van der Waals surface area contributed by atoms with Gasteiger partial charge in [0.05, 0.1) is 12.8 Å². The number of methoxy groups -OCH3 is 1. The Morgan fingerprint density at radius 1 is 1.12 bits per heavy atom. The van der Waals surface area contributed by atoms with Crippen LogP contribution in [-0.2, 0) is 4.79 Å². The van der Waals surface area contributed by atoms with Crippen LogP contribution in [0.1, 0.15) is 45.4 Å². The van der Waals surface area contributed by atoms with Crippen LogP contribution in [0.4, 0.5) is 5.69 Å². The first-order valence-electron chi connectivity index (χ1n) is 12.4. The Labute approximate surface area is 192 Å². The van der Waals surface area contributed by atoms with E-state index in [1.165, 1.54) is 18.5 Å². The Morgan fingerprint density at radius 2 is 1.94 bits per heavy atom. The standard InChI is InChI=1S/C25H39N5O2/c1-3-26-25(28-21-13-15-30(18-21)24(31)20-8-4-5-9-20)27-16-19-12-14-29(17-19)22-10-6-7-11-23(22)32-2/h6-7,10-11,19-21H,3-5,8-9,12-18H2,1-2H3,(H2,26,27,28). The Balaban J connectivity index is 1.28. The normalized spacial score (nSPS) is 24.2. The minimum Gasteiger partial charge on any atom is -0.495 e. The topological polar surface area (TPSA) is 69.2 Å². The lowest BCUT2D eigenvalue weighted by Gasteiger charge is -2.22. The van der Waals surface area contributed by atoms with Crippen molar-refractivity contribution >= 4 is 17.6 Å². The summed E-state index contributed by atoms with van der Waals surface area (Å²) in [5.74, 6) is 2.98. The van der Waals surface area contributed by atoms with Crippen molar-refractivity contribution in [2.24, 2.45) is 16.8 Å². The summed E-state index contributed by atoms with van der Waals surface area (Å²) >= 11 is 0. The molecule has 0 aromatic heterocycles. The number of likely N-dealkylation sites (tertiary alicyclic amines) is 1. The summed E-state index contributed by atoms with van der Waals surface area (Å²) in [7, 11) is 1.73. The van der Waals surface area contributed by atoms with Crippen molar-refractivity contribution in [3.05, 3.63) is 24.3 Å². The molecule has 176 valence electrons. The number of carbonyl (C=O) groups is 1. The first kappa shape index (κ1) is 22.7. The minimum absolute atomic E-state index is 0.268. The van der Waals surface area contributed by atoms with Gasteiger partial charge in [-0.2, -0.15) is 0 Å². The maximum atomic E-state index is 12.7. The van der Waals surface area contributed by atoms with Gasteiger partial charge < -0.3 is 25.2 Å². The maximum Gasteiger partial charge on any atom is 0.225 e. The van der Waals surface area contributed by atoms with Gasteiger partial charge in [-0.1, -0.05) is 25.0 Å². The molecule has 4 rings (SSSR count). The number of rotatable bonds is 7. The molecule has 7 heteroatoms. The van der Waals surface area contributed by atoms with Crippen LogP contribution in [0.5, 0.6) is 5.75 Å². The zero-order valence-corrected chi connectivity index (χ0v) is 19.7. The lowest BCUT2D eigenvalue weighted by atomic mass is 10.1. The molecule has 3 fully saturated rings. The number of nitrogens with one attached hydrogen (secondary N) is 2. The molecule has 0 radical (unpaired) electrons. The molecule has 2 saturated heterocycles. The van der Waals surface area contributed by atoms with Crippen LogP contribution >= 0.6 is 0 Å². The van der Waals surface area contributed by atoms with Crippen molar-refractivity contribution in [2.45, 2.75) is 51.5 Å². The summed E-state index contributed by atoms with van der Waals surface area (Å²) in [5, 5.41) is 6.98. The monoisotopic (exact) mass is 441 g/mol. The molecule has 1 amide bonds. The number of nitrogens with zero attached hydrogens (tertiary/aromatic N) is 3. The number of anilines is 1. The molecule has 2 aliphatic heterocycles. The van der Waals surface area contributed by atoms with E-state index in [1.807, 2.05) is 12.1 Å². The highest BCUT2D eigenvalue weighted by molar-refractivity contribution is 5.81. The fourth-order valence-corrected chi connectivity index (χ4v) is 5.33. The molecule has 0 spiro atoms. The highest BCUT2D eigenvalue weighted by atomic mass is 16.5. The Hall–Kier alpha value is -2.44. The second-order valence-corrected chi connectivity index (χ2v) is 9.39. The summed E-state index contributed by atoms with van der Waals surface area (Å²) < 4.78 is 5.54. The molecule has 1 aliphatic carbocycles. The number of para-hydroxylation sites is 2. The zero-order chi connectivity index (χ0) is 22.3. The van der Waals surface area contributed by atoms with Crippen LogP contribution in [0.25, 0.3) is 0 Å². The lowest BCUT2D eigenvalue weighted by molar-refractivity contribution is -0.134. The Morgan fingerprint density at radius 3 is 2.72 bits per heavy atom. The van der Waals surface area contributed by atoms with Crippen LogP contribution < -0.4 is 20.3 Å². The van der Waals surface area contributed by atoms with E-state index in [9.17, 15) is 4.79 Å². The number of benzene rings is 1. The van der Waals surface area contributed by atoms with Crippen LogP contribution in [0.3, 0.4) is 0 Å². The van der Waals surface area contributed by atoms with Crippen LogP contribution in [0, 0.1) is 11.8 Å². The number of amides is 1. The van der Waals surface area contributed by atoms with Gasteiger partial charge in [0.15, 0.2) is 5.96 Å². The third-order valence-electron chi connectivity index (χ3n) is 7.11. The highest BCUT2D eigenvalue weighted by Gasteiger charge is 2.32. The molecule has 1 saturated carbocycles. The van der Waals surface area contributed by atoms with Crippen molar-refractivity contribution in [3.63, 3.8) is 0 Å². The number of guanidine groups is 1. The molecule has 2 unspecified atom stereocenters. The van der Waals surface area contributed by atoms with Gasteiger partial charge in [0.25, 0.3) is 0 Å². The molecular formula is C25H39N5O2. The summed E-state index contributed by atoms with van der Waals surface area (Å²) in [6, 6.07) is 8.52. The van der Waals surface area contributed by atoms with E-state index >= 15 is 0 Å². The number of hydrogen-bond donors (Lipinski definition) is 2. The summed E-state index contributed by atoms with van der Waals surface area (Å²) in [5.41, 5.74) is 1.17. The molecular weight excluding hydrogens is 402 g/mol. The van der Waals surface area contributed by atoms with Gasteiger partial charge in [-0.3, -0.25) is 9.79 Å². The summed E-state index contributed by atoms with van der Waals surface area (Å²) in [6.07, 6.45) is 6.69. The van der Waals surface area contributed by atoms with Gasteiger partial charge in [0, 0.05) is 51.2 Å². The number of hydrogen-bond acceptors (Lipinski definition) is 4. The van der Waals surface area contributed by atoms with Crippen molar-refractivity contribution < 1.29 is 9.53 Å². The second kappa shape index (κ2) is 10.9. The number of carbonyl (C=O) groups excluding carboxylic acids is 1. The van der Waals surface area contributed by atoms with E-state index in [0.717, 1.165) is 76.7 Å². The fourth-order valence-electron chi connectivity index (χ4n) is 5.33. The van der Waals surface area contributed by atoms with Crippen LogP contribution in [0.15, 0.2) is 29.3 Å². The lowest BCUT2D eigenvalue weighted by Crippen LogP contribution is -2.45. The maximum absolute atomic E-state index is 12.7. The molecule has 2 atom stereocenters. The molecule has 32 heavy (non-hydrogen) atoms. The van der Waals surface area contributed by atoms with Crippen molar-refractivity contribution in [1.82, 2.24) is 15.5 Å². The molecule has 1 aromatic carbocycles. The average molecular weight is 442 g/mol. The third kappa shape index (κ3) is 5.48. The Bertz CT molecular complexity index is 792. The third-order valence-corrected chi connectivity index (χ3v) is 7.11. The smallest absolute Gasteiger partial charge is 0.225 e. The van der Waals surface area contributed by atoms with Crippen LogP contribution in [-0.4, -0.2) is 69.2 Å². The van der Waals surface area contributed by atoms with E-state index < -0.39 is 0 Å². The largest absolute Gasteiger partial charge is 0.495 e. The summed E-state index contributed by atoms with van der Waals surface area (Å²) in [6.45, 7) is 7.43. The first-order chi connectivity index (χ1) is 15.7. The zero-order valence-electron chi connectivity index (χ0n) is 19.7. The van der Waals surface area contributed by atoms with E-state index in [0.29, 0.717) is 11.8 Å². The molecule has 7 nitrogen and oxygen atoms in total. The number of ether oxygens (including phenoxy) is 1. The number of aliphatic imine (C=N–C) groups is 1. The van der Waals surface area contributed by atoms with Crippen molar-refractivity contribution in [1.29, 1.82) is 0 Å². The van der Waals surface area contributed by atoms with Gasteiger partial charge in [0.2, 0.25) is 5.91 Å². The van der Waals surface area contributed by atoms with E-state index in [2.05, 4.69) is 39.5 Å². The quantitative estimate of drug-likeness (QED) is 0.503. The molecule has 1 aromatic rings. The summed E-state index contributed by atoms with van der Waals surface area (Å²) in [4.78, 5) is 22.1. The predicted octanol–water partition coefficient (Wildman–Crippen LogP) is 2.87. The van der Waals surface area contributed by atoms with Crippen molar-refractivity contribution in [2.75, 3.05) is 51.3 Å². The van der Waals surface area contributed by atoms with Gasteiger partial charge in [0.1, 0.15) is 5.75 Å². The molecule has 0 bridgehead atoms. The van der Waals surface area contributed by atoms with Crippen LogP contribution in [0.2, 0.25) is 0 Å². The van der Waals surface area contributed by atoms with E-state index in [1.54, 1.807) is 7.11 Å². The SMILES string of the molecule is CCNC(=NCC1CCN(c2ccccc2OC)C1)NC1CCN(C(=O)C2CCCC2)C1. The van der Waals surface area contributed by atoms with Crippen molar-refractivity contribution in [3.8, 4) is 5.75 Å². The van der Waals surface area contributed by atoms with E-state index in [-0.39, 0.29) is 12.0 Å². The second-order valence-electron chi connectivity index (χ2n) is 9.39. The van der Waals surface area contributed by atoms with Gasteiger partial charge in [-0.15, -0.1) is 0 Å². The van der Waals surface area contributed by atoms with Gasteiger partial charge in [-0.25, -0.2) is 0 Å². The fraction of sp³-hybridized carbons (Fsp3) is 0.680. The average Bonchev–Trinajstić information content (AvgIpc) is 3.59. The molecule has 2 N–H and O–H groups in total. The molecule has 3 aliphatic rings. The Kier molecular flexibility index (Phi) is 7.76. The highest BCUT2D eigenvalue weighted by Crippen LogP contribution is 2.32. The predicted molar refractivity (Wildman–Crippen MR) is 129 cm³/mol.